The molecule has 0 aromatic heterocycles. The number of hydrogen-bond acceptors (Lipinski definition) is 1. The lowest BCUT2D eigenvalue weighted by Gasteiger charge is -2.13. The molecule has 1 rings (SSSR count). The van der Waals surface area contributed by atoms with Crippen molar-refractivity contribution >= 4 is 0 Å². The molecule has 0 aromatic carbocycles. The Labute approximate surface area is 62.1 Å². The Bertz CT molecular complexity index is 156. The van der Waals surface area contributed by atoms with Crippen molar-refractivity contribution in [2.24, 2.45) is 0 Å². The Kier molecular flexibility index (Phi) is 2.55. The van der Waals surface area contributed by atoms with Crippen LogP contribution in [0.25, 0.3) is 0 Å². The third-order valence-corrected chi connectivity index (χ3v) is 1.94. The first-order valence-electron chi connectivity index (χ1n) is 3.85. The highest BCUT2D eigenvalue weighted by molar-refractivity contribution is 5.13. The summed E-state index contributed by atoms with van der Waals surface area (Å²) in [6, 6.07) is 0. The van der Waals surface area contributed by atoms with E-state index in [1.54, 1.807) is 0 Å². The van der Waals surface area contributed by atoms with Crippen molar-refractivity contribution in [3.8, 4) is 0 Å². The first-order chi connectivity index (χ1) is 4.84. The lowest BCUT2D eigenvalue weighted by Crippen LogP contribution is -1.98. The molecule has 1 heteroatoms. The molecule has 0 unspecified atom stereocenters. The van der Waals surface area contributed by atoms with E-state index in [2.05, 4.69) is 6.58 Å². The van der Waals surface area contributed by atoms with Crippen LogP contribution >= 0.6 is 0 Å². The summed E-state index contributed by atoms with van der Waals surface area (Å²) >= 11 is 0. The number of aliphatic hydroxyl groups excluding tert-OH is 1. The smallest absolute Gasteiger partial charge is 0.0917 e. The normalized spacial score (nSPS) is 19.2. The average molecular weight is 138 g/mol. The fourth-order valence-corrected chi connectivity index (χ4v) is 1.35. The standard InChI is InChI=1S/C9H14O/c1-2-5-8-6-3-4-7-9(8)10/h2,10H,1,3-7H2. The highest BCUT2D eigenvalue weighted by Crippen LogP contribution is 2.24. The van der Waals surface area contributed by atoms with Crippen LogP contribution in [0.1, 0.15) is 32.1 Å². The molecule has 0 radical (unpaired) electrons. The van der Waals surface area contributed by atoms with Gasteiger partial charge in [0.25, 0.3) is 0 Å². The summed E-state index contributed by atoms with van der Waals surface area (Å²) in [6.45, 7) is 3.64. The van der Waals surface area contributed by atoms with Gasteiger partial charge in [-0.15, -0.1) is 6.58 Å². The van der Waals surface area contributed by atoms with Crippen molar-refractivity contribution in [2.75, 3.05) is 0 Å². The molecule has 0 saturated heterocycles. The predicted octanol–water partition coefficient (Wildman–Crippen LogP) is 2.95. The summed E-state index contributed by atoms with van der Waals surface area (Å²) in [4.78, 5) is 0. The average Bonchev–Trinajstić information content (AvgIpc) is 1.94. The van der Waals surface area contributed by atoms with Gasteiger partial charge in [0.05, 0.1) is 5.76 Å². The lowest BCUT2D eigenvalue weighted by atomic mass is 9.96. The highest BCUT2D eigenvalue weighted by atomic mass is 16.3. The van der Waals surface area contributed by atoms with Crippen LogP contribution in [0.15, 0.2) is 24.0 Å². The van der Waals surface area contributed by atoms with Crippen molar-refractivity contribution in [3.63, 3.8) is 0 Å². The molecule has 0 heterocycles. The number of allylic oxidation sites excluding steroid dienone is 3. The molecule has 1 aliphatic rings. The van der Waals surface area contributed by atoms with Crippen molar-refractivity contribution in [3.05, 3.63) is 24.0 Å². The Morgan fingerprint density at radius 3 is 2.70 bits per heavy atom. The molecule has 0 bridgehead atoms. The molecule has 0 amide bonds. The number of hydrogen-bond donors (Lipinski definition) is 1. The van der Waals surface area contributed by atoms with Crippen LogP contribution in [-0.2, 0) is 0 Å². The third-order valence-electron chi connectivity index (χ3n) is 1.94. The van der Waals surface area contributed by atoms with E-state index in [1.165, 1.54) is 12.0 Å². The molecular formula is C9H14O. The zero-order valence-electron chi connectivity index (χ0n) is 6.27. The maximum Gasteiger partial charge on any atom is 0.0917 e. The van der Waals surface area contributed by atoms with E-state index in [4.69, 9.17) is 0 Å². The van der Waals surface area contributed by atoms with Gasteiger partial charge < -0.3 is 5.11 Å². The van der Waals surface area contributed by atoms with Gasteiger partial charge in [-0.1, -0.05) is 6.08 Å². The Hall–Kier alpha value is -0.720. The van der Waals surface area contributed by atoms with Crippen molar-refractivity contribution < 1.29 is 5.11 Å². The van der Waals surface area contributed by atoms with Crippen LogP contribution in [0.5, 0.6) is 0 Å². The van der Waals surface area contributed by atoms with Crippen LogP contribution in [0.2, 0.25) is 0 Å². The summed E-state index contributed by atoms with van der Waals surface area (Å²) < 4.78 is 0. The second-order valence-corrected chi connectivity index (χ2v) is 2.75. The second-order valence-electron chi connectivity index (χ2n) is 2.75. The van der Waals surface area contributed by atoms with E-state index < -0.39 is 0 Å². The monoisotopic (exact) mass is 138 g/mol. The van der Waals surface area contributed by atoms with E-state index >= 15 is 0 Å². The number of rotatable bonds is 2. The summed E-state index contributed by atoms with van der Waals surface area (Å²) in [6.07, 6.45) is 7.05. The highest BCUT2D eigenvalue weighted by Gasteiger charge is 2.09. The van der Waals surface area contributed by atoms with E-state index in [0.29, 0.717) is 5.76 Å². The van der Waals surface area contributed by atoms with Crippen molar-refractivity contribution in [1.82, 2.24) is 0 Å². The van der Waals surface area contributed by atoms with Gasteiger partial charge in [0, 0.05) is 6.42 Å². The summed E-state index contributed by atoms with van der Waals surface area (Å²) in [5, 5.41) is 9.33. The maximum absolute atomic E-state index is 9.33. The van der Waals surface area contributed by atoms with Crippen LogP contribution in [0.4, 0.5) is 0 Å². The zero-order chi connectivity index (χ0) is 7.40. The van der Waals surface area contributed by atoms with Crippen molar-refractivity contribution in [2.45, 2.75) is 32.1 Å². The molecular weight excluding hydrogens is 124 g/mol. The molecule has 1 nitrogen and oxygen atoms in total. The maximum atomic E-state index is 9.33. The first kappa shape index (κ1) is 7.39. The summed E-state index contributed by atoms with van der Waals surface area (Å²) in [7, 11) is 0. The van der Waals surface area contributed by atoms with Crippen LogP contribution < -0.4 is 0 Å². The minimum Gasteiger partial charge on any atom is -0.512 e. The van der Waals surface area contributed by atoms with E-state index in [0.717, 1.165) is 25.7 Å². The Balaban J connectivity index is 2.58. The largest absolute Gasteiger partial charge is 0.512 e. The molecule has 0 aliphatic heterocycles. The van der Waals surface area contributed by atoms with Crippen LogP contribution in [0, 0.1) is 0 Å². The van der Waals surface area contributed by atoms with Gasteiger partial charge in [-0.25, -0.2) is 0 Å². The summed E-state index contributed by atoms with van der Waals surface area (Å²) in [5.74, 6) is 0.617. The zero-order valence-corrected chi connectivity index (χ0v) is 6.27. The quantitative estimate of drug-likeness (QED) is 0.581. The third kappa shape index (κ3) is 1.63. The SMILES string of the molecule is C=CCC1=C(O)CCCC1. The molecule has 1 N–H and O–H groups in total. The second kappa shape index (κ2) is 3.45. The Morgan fingerprint density at radius 2 is 2.10 bits per heavy atom. The predicted molar refractivity (Wildman–Crippen MR) is 42.9 cm³/mol. The molecule has 0 saturated carbocycles. The van der Waals surface area contributed by atoms with Gasteiger partial charge in [0.1, 0.15) is 0 Å². The van der Waals surface area contributed by atoms with E-state index in [1.807, 2.05) is 6.08 Å². The minimum absolute atomic E-state index is 0.617. The topological polar surface area (TPSA) is 20.2 Å². The molecule has 0 spiro atoms. The van der Waals surface area contributed by atoms with E-state index in [9.17, 15) is 5.11 Å². The molecule has 10 heavy (non-hydrogen) atoms. The van der Waals surface area contributed by atoms with Crippen LogP contribution in [0.3, 0.4) is 0 Å². The number of aliphatic hydroxyl groups is 1. The van der Waals surface area contributed by atoms with Crippen LogP contribution in [-0.4, -0.2) is 5.11 Å². The van der Waals surface area contributed by atoms with Gasteiger partial charge in [-0.05, 0) is 31.3 Å². The molecule has 0 aromatic rings. The lowest BCUT2D eigenvalue weighted by molar-refractivity contribution is 0.357. The summed E-state index contributed by atoms with van der Waals surface area (Å²) in [5.41, 5.74) is 1.20. The molecule has 0 atom stereocenters. The Morgan fingerprint density at radius 1 is 1.40 bits per heavy atom. The fourth-order valence-electron chi connectivity index (χ4n) is 1.35. The van der Waals surface area contributed by atoms with Gasteiger partial charge >= 0.3 is 0 Å². The first-order valence-corrected chi connectivity index (χ1v) is 3.85. The van der Waals surface area contributed by atoms with Gasteiger partial charge in [-0.3, -0.25) is 0 Å². The minimum atomic E-state index is 0.617. The molecule has 56 valence electrons. The van der Waals surface area contributed by atoms with E-state index in [-0.39, 0.29) is 0 Å². The fraction of sp³-hybridized carbons (Fsp3) is 0.556. The van der Waals surface area contributed by atoms with Gasteiger partial charge in [0.15, 0.2) is 0 Å². The van der Waals surface area contributed by atoms with Crippen molar-refractivity contribution in [1.29, 1.82) is 0 Å². The molecule has 1 aliphatic carbocycles. The molecule has 0 fully saturated rings. The van der Waals surface area contributed by atoms with Gasteiger partial charge in [0.2, 0.25) is 0 Å². The van der Waals surface area contributed by atoms with Gasteiger partial charge in [-0.2, -0.15) is 0 Å².